The lowest BCUT2D eigenvalue weighted by atomic mass is 9.55. The van der Waals surface area contributed by atoms with E-state index >= 15 is 0 Å². The molecule has 4 bridgehead atoms. The highest BCUT2D eigenvalue weighted by molar-refractivity contribution is 5.89. The van der Waals surface area contributed by atoms with Crippen molar-refractivity contribution in [2.45, 2.75) is 185 Å². The van der Waals surface area contributed by atoms with E-state index in [2.05, 4.69) is 46.7 Å². The minimum absolute atomic E-state index is 0.0629. The molecule has 0 unspecified atom stereocenters. The molecule has 276 valence electrons. The van der Waals surface area contributed by atoms with E-state index in [1.807, 2.05) is 20.8 Å². The summed E-state index contributed by atoms with van der Waals surface area (Å²) < 4.78 is 20.0. The molecule has 49 heavy (non-hydrogen) atoms. The first-order valence-corrected chi connectivity index (χ1v) is 19.6. The molecular formula is C39H61NO9. The van der Waals surface area contributed by atoms with Crippen molar-refractivity contribution in [1.29, 1.82) is 0 Å². The molecule has 0 N–H and O–H groups in total. The summed E-state index contributed by atoms with van der Waals surface area (Å²) in [4.78, 5) is 44.2. The maximum Gasteiger partial charge on any atom is 0.535 e. The van der Waals surface area contributed by atoms with Crippen molar-refractivity contribution in [3.05, 3.63) is 0 Å². The fraction of sp³-hybridized carbons (Fsp3) is 0.949. The lowest BCUT2D eigenvalue weighted by molar-refractivity contribution is -0.487. The number of rotatable bonds is 4. The van der Waals surface area contributed by atoms with Crippen molar-refractivity contribution < 1.29 is 43.4 Å². The lowest BCUT2D eigenvalue weighted by Crippen LogP contribution is -2.71. The zero-order valence-corrected chi connectivity index (χ0v) is 31.3. The number of hydrogen-bond acceptors (Lipinski definition) is 10. The predicted octanol–water partition coefficient (Wildman–Crippen LogP) is 8.10. The smallest absolute Gasteiger partial charge is 0.427 e. The van der Waals surface area contributed by atoms with Gasteiger partial charge >= 0.3 is 6.16 Å². The van der Waals surface area contributed by atoms with E-state index in [4.69, 9.17) is 38.6 Å². The van der Waals surface area contributed by atoms with Crippen LogP contribution in [-0.2, 0) is 38.6 Å². The molecule has 0 amide bonds. The molecule has 6 aliphatic heterocycles. The van der Waals surface area contributed by atoms with Crippen LogP contribution in [0.3, 0.4) is 0 Å². The van der Waals surface area contributed by atoms with Crippen molar-refractivity contribution in [3.63, 3.8) is 0 Å². The summed E-state index contributed by atoms with van der Waals surface area (Å²) in [5, 5.41) is 4.65. The second-order valence-electron chi connectivity index (χ2n) is 19.2. The van der Waals surface area contributed by atoms with Gasteiger partial charge < -0.3 is 14.2 Å². The first kappa shape index (κ1) is 34.8. The Morgan fingerprint density at radius 1 is 0.714 bits per heavy atom. The third-order valence-electron chi connectivity index (χ3n) is 14.9. The quantitative estimate of drug-likeness (QED) is 0.0954. The summed E-state index contributed by atoms with van der Waals surface area (Å²) in [5.41, 5.74) is -1.66. The minimum atomic E-state index is -0.811. The highest BCUT2D eigenvalue weighted by Gasteiger charge is 2.70. The van der Waals surface area contributed by atoms with Crippen LogP contribution in [0.2, 0.25) is 0 Å². The zero-order chi connectivity index (χ0) is 34.7. The second kappa shape index (κ2) is 11.9. The van der Waals surface area contributed by atoms with Gasteiger partial charge in [0, 0.05) is 19.3 Å². The monoisotopic (exact) mass is 687 g/mol. The molecule has 2 spiro atoms. The second-order valence-corrected chi connectivity index (χ2v) is 19.2. The van der Waals surface area contributed by atoms with Gasteiger partial charge in [-0.3, -0.25) is 4.84 Å². The Bertz CT molecular complexity index is 1330. The van der Waals surface area contributed by atoms with Crippen LogP contribution in [0, 0.1) is 47.3 Å². The number of oxime groups is 1. The van der Waals surface area contributed by atoms with Crippen molar-refractivity contribution in [3.8, 4) is 0 Å². The van der Waals surface area contributed by atoms with Crippen LogP contribution in [0.25, 0.3) is 0 Å². The third kappa shape index (κ3) is 5.46. The van der Waals surface area contributed by atoms with Gasteiger partial charge in [-0.15, -0.1) is 0 Å². The Morgan fingerprint density at radius 3 is 1.80 bits per heavy atom. The Labute approximate surface area is 292 Å². The van der Waals surface area contributed by atoms with Gasteiger partial charge in [0.05, 0.1) is 24.0 Å². The standard InChI is InChI=1S/C39H61NO9/c1-21-10-12-27-23(3)30(42-31-19-36(8)16-14-25(21)38(27,31)48-46-36)18-29(40-45-34(41)44-35(5,6)7)33-24(4)28-13-11-22(2)26-15-17-37(9)20-32(43-33)39(26,28)49-47-37/h21-28,30-33H,10-20H2,1-9H3/b40-29-/t21-,22-,23-,24-,25+,26+,27+,28+,30-,31-,32-,33+,36+,37+,38-,39-/m1/s1. The molecule has 0 aromatic carbocycles. The van der Waals surface area contributed by atoms with Gasteiger partial charge in [-0.1, -0.05) is 32.9 Å². The predicted molar refractivity (Wildman–Crippen MR) is 180 cm³/mol. The van der Waals surface area contributed by atoms with Crippen molar-refractivity contribution in [1.82, 2.24) is 0 Å². The fourth-order valence-corrected chi connectivity index (χ4v) is 12.4. The van der Waals surface area contributed by atoms with E-state index in [1.165, 1.54) is 6.42 Å². The van der Waals surface area contributed by atoms with Gasteiger partial charge in [0.1, 0.15) is 34.1 Å². The number of carbonyl (C=O) groups excluding carboxylic acids is 1. The molecule has 10 rings (SSSR count). The van der Waals surface area contributed by atoms with Gasteiger partial charge in [-0.25, -0.2) is 24.3 Å². The summed E-state index contributed by atoms with van der Waals surface area (Å²) in [6, 6.07) is 0. The SMILES string of the molecule is C[C@H]1[C@@H](/C(C[C@H]2O[C@@H]3C[C@]4(C)CC[C@H]5[C@H](C)CC[C@@H]([C@H]2C)[C@@]35OO4)=N\OC(=O)OC(C)(C)C)O[C@@H]2C[C@]3(C)CC[C@H]4[C@H](C)CC[C@@H]1[C@@]24OO3. The maximum atomic E-state index is 12.9. The number of nitrogens with zero attached hydrogens (tertiary/aromatic N) is 1. The van der Waals surface area contributed by atoms with Crippen LogP contribution in [0.5, 0.6) is 0 Å². The molecule has 10 nitrogen and oxygen atoms in total. The van der Waals surface area contributed by atoms with Crippen molar-refractivity contribution in [2.24, 2.45) is 52.5 Å². The van der Waals surface area contributed by atoms with Crippen LogP contribution < -0.4 is 0 Å². The molecule has 4 aliphatic carbocycles. The summed E-state index contributed by atoms with van der Waals surface area (Å²) in [5.74, 6) is 2.63. The van der Waals surface area contributed by atoms with E-state index in [-0.39, 0.29) is 47.8 Å². The summed E-state index contributed by atoms with van der Waals surface area (Å²) in [6.45, 7) is 19.1. The molecular weight excluding hydrogens is 626 g/mol. The molecule has 16 atom stereocenters. The molecule has 4 saturated carbocycles. The van der Waals surface area contributed by atoms with Gasteiger partial charge in [-0.05, 0) is 133 Å². The van der Waals surface area contributed by atoms with Gasteiger partial charge in [0.15, 0.2) is 0 Å². The third-order valence-corrected chi connectivity index (χ3v) is 14.9. The van der Waals surface area contributed by atoms with Crippen molar-refractivity contribution >= 4 is 11.9 Å². The average molecular weight is 688 g/mol. The highest BCUT2D eigenvalue weighted by Crippen LogP contribution is 2.63. The zero-order valence-electron chi connectivity index (χ0n) is 31.3. The lowest BCUT2D eigenvalue weighted by Gasteiger charge is -2.62. The average Bonchev–Trinajstić information content (AvgIpc) is 3.40. The Morgan fingerprint density at radius 2 is 1.24 bits per heavy atom. The molecule has 10 fully saturated rings. The van der Waals surface area contributed by atoms with E-state index in [1.54, 1.807) is 0 Å². The topological polar surface area (TPSA) is 103 Å². The van der Waals surface area contributed by atoms with Crippen LogP contribution in [-0.4, -0.2) is 64.3 Å². The molecule has 0 aromatic rings. The number of fused-ring (bicyclic) bond motifs is 4. The van der Waals surface area contributed by atoms with E-state index in [0.717, 1.165) is 57.8 Å². The molecule has 6 saturated heterocycles. The summed E-state index contributed by atoms with van der Waals surface area (Å²) in [6.07, 6.45) is 9.12. The molecule has 6 heterocycles. The normalized spacial score (nSPS) is 53.5. The number of hydrogen-bond donors (Lipinski definition) is 0. The Balaban J connectivity index is 1.13. The molecule has 10 aliphatic rings. The Kier molecular flexibility index (Phi) is 8.41. The van der Waals surface area contributed by atoms with Crippen LogP contribution >= 0.6 is 0 Å². The Hall–Kier alpha value is -1.30. The summed E-state index contributed by atoms with van der Waals surface area (Å²) in [7, 11) is 0. The molecule has 0 radical (unpaired) electrons. The van der Waals surface area contributed by atoms with Gasteiger partial charge in [-0.2, -0.15) is 0 Å². The molecule has 0 aromatic heterocycles. The van der Waals surface area contributed by atoms with Crippen LogP contribution in [0.15, 0.2) is 5.16 Å². The van der Waals surface area contributed by atoms with Crippen LogP contribution in [0.1, 0.15) is 133 Å². The van der Waals surface area contributed by atoms with E-state index in [9.17, 15) is 4.79 Å². The number of ether oxygens (including phenoxy) is 3. The summed E-state index contributed by atoms with van der Waals surface area (Å²) >= 11 is 0. The van der Waals surface area contributed by atoms with Crippen LogP contribution in [0.4, 0.5) is 4.79 Å². The largest absolute Gasteiger partial charge is 0.535 e. The van der Waals surface area contributed by atoms with E-state index in [0.29, 0.717) is 41.7 Å². The molecule has 10 heteroatoms. The minimum Gasteiger partial charge on any atom is -0.427 e. The van der Waals surface area contributed by atoms with E-state index < -0.39 is 28.6 Å². The highest BCUT2D eigenvalue weighted by atomic mass is 17.2. The van der Waals surface area contributed by atoms with Gasteiger partial charge in [0.2, 0.25) is 0 Å². The number of carbonyl (C=O) groups is 1. The van der Waals surface area contributed by atoms with Crippen molar-refractivity contribution in [2.75, 3.05) is 0 Å². The maximum absolute atomic E-state index is 12.9. The fourth-order valence-electron chi connectivity index (χ4n) is 12.4. The van der Waals surface area contributed by atoms with Gasteiger partial charge in [0.25, 0.3) is 0 Å². The first-order valence-electron chi connectivity index (χ1n) is 19.6. The first-order chi connectivity index (χ1) is 23.1.